The summed E-state index contributed by atoms with van der Waals surface area (Å²) in [4.78, 5) is 25.7. The van der Waals surface area contributed by atoms with Crippen molar-refractivity contribution < 1.29 is 19.1 Å². The molecule has 126 valence electrons. The van der Waals surface area contributed by atoms with Crippen molar-refractivity contribution in [1.29, 1.82) is 0 Å². The van der Waals surface area contributed by atoms with Gasteiger partial charge in [0.15, 0.2) is 0 Å². The largest absolute Gasteiger partial charge is 0.465 e. The molecule has 0 radical (unpaired) electrons. The minimum atomic E-state index is -0.491. The maximum absolute atomic E-state index is 12.2. The van der Waals surface area contributed by atoms with Gasteiger partial charge in [0.25, 0.3) is 0 Å². The molecule has 0 aliphatic carbocycles. The van der Waals surface area contributed by atoms with Gasteiger partial charge in [0.1, 0.15) is 5.60 Å². The van der Waals surface area contributed by atoms with Crippen LogP contribution in [0.4, 0.5) is 4.79 Å². The average molecular weight is 319 g/mol. The Morgan fingerprint density at radius 1 is 1.26 bits per heavy atom. The van der Waals surface area contributed by atoms with Gasteiger partial charge in [-0.2, -0.15) is 0 Å². The molecule has 1 amide bonds. The van der Waals surface area contributed by atoms with Crippen LogP contribution in [0.3, 0.4) is 0 Å². The fraction of sp³-hybridized carbons (Fsp3) is 0.556. The Labute approximate surface area is 137 Å². The maximum Gasteiger partial charge on any atom is 0.410 e. The highest BCUT2D eigenvalue weighted by atomic mass is 16.6. The van der Waals surface area contributed by atoms with Crippen LogP contribution in [-0.4, -0.2) is 42.8 Å². The number of likely N-dealkylation sites (tertiary alicyclic amines) is 1. The normalized spacial score (nSPS) is 18.4. The highest BCUT2D eigenvalue weighted by Gasteiger charge is 2.28. The number of rotatable bonds is 2. The highest BCUT2D eigenvalue weighted by molar-refractivity contribution is 5.89. The van der Waals surface area contributed by atoms with Gasteiger partial charge < -0.3 is 14.4 Å². The van der Waals surface area contributed by atoms with Crippen LogP contribution in [0.1, 0.15) is 55.5 Å². The standard InChI is InChI=1S/C18H25NO4/c1-18(2,3)23-17(21)19-10-6-9-15(12-19)13-7-5-8-14(11-13)16(20)22-4/h5,7-8,11,15H,6,9-10,12H2,1-4H3/t15-/m0/s1. The van der Waals surface area contributed by atoms with Crippen LogP contribution in [0, 0.1) is 0 Å². The molecule has 2 rings (SSSR count). The predicted octanol–water partition coefficient (Wildman–Crippen LogP) is 3.59. The summed E-state index contributed by atoms with van der Waals surface area (Å²) in [5.41, 5.74) is 1.11. The first kappa shape index (κ1) is 17.3. The molecule has 5 heteroatoms. The topological polar surface area (TPSA) is 55.8 Å². The summed E-state index contributed by atoms with van der Waals surface area (Å²) in [5, 5.41) is 0. The van der Waals surface area contributed by atoms with Crippen LogP contribution in [0.5, 0.6) is 0 Å². The lowest BCUT2D eigenvalue weighted by atomic mass is 9.90. The number of carbonyl (C=O) groups is 2. The molecular formula is C18H25NO4. The lowest BCUT2D eigenvalue weighted by molar-refractivity contribution is 0.0198. The maximum atomic E-state index is 12.2. The molecule has 1 aliphatic rings. The van der Waals surface area contributed by atoms with Gasteiger partial charge >= 0.3 is 12.1 Å². The number of piperidine rings is 1. The van der Waals surface area contributed by atoms with Gasteiger partial charge in [-0.3, -0.25) is 0 Å². The van der Waals surface area contributed by atoms with E-state index in [1.54, 1.807) is 11.0 Å². The lowest BCUT2D eigenvalue weighted by Crippen LogP contribution is -2.42. The number of ether oxygens (including phenoxy) is 2. The summed E-state index contributed by atoms with van der Waals surface area (Å²) in [6, 6.07) is 7.45. The van der Waals surface area contributed by atoms with E-state index in [9.17, 15) is 9.59 Å². The lowest BCUT2D eigenvalue weighted by Gasteiger charge is -2.34. The number of amides is 1. The molecule has 1 aliphatic heterocycles. The molecule has 0 saturated carbocycles. The smallest absolute Gasteiger partial charge is 0.410 e. The summed E-state index contributed by atoms with van der Waals surface area (Å²) in [6.45, 7) is 6.92. The Morgan fingerprint density at radius 3 is 2.65 bits per heavy atom. The van der Waals surface area contributed by atoms with Gasteiger partial charge in [-0.05, 0) is 51.3 Å². The van der Waals surface area contributed by atoms with E-state index in [0.29, 0.717) is 18.7 Å². The van der Waals surface area contributed by atoms with Crippen LogP contribution in [0.25, 0.3) is 0 Å². The van der Waals surface area contributed by atoms with Crippen LogP contribution in [-0.2, 0) is 9.47 Å². The zero-order valence-corrected chi connectivity index (χ0v) is 14.3. The summed E-state index contributed by atoms with van der Waals surface area (Å²) < 4.78 is 10.2. The molecule has 1 fully saturated rings. The van der Waals surface area contributed by atoms with E-state index >= 15 is 0 Å². The third-order valence-electron chi connectivity index (χ3n) is 3.85. The van der Waals surface area contributed by atoms with Gasteiger partial charge in [-0.25, -0.2) is 9.59 Å². The Hall–Kier alpha value is -2.04. The van der Waals surface area contributed by atoms with Crippen LogP contribution in [0.15, 0.2) is 24.3 Å². The Kier molecular flexibility index (Phi) is 5.29. The highest BCUT2D eigenvalue weighted by Crippen LogP contribution is 2.28. The van der Waals surface area contributed by atoms with Crippen molar-refractivity contribution in [1.82, 2.24) is 4.90 Å². The van der Waals surface area contributed by atoms with Gasteiger partial charge in [-0.1, -0.05) is 12.1 Å². The fourth-order valence-electron chi connectivity index (χ4n) is 2.78. The number of benzene rings is 1. The van der Waals surface area contributed by atoms with E-state index < -0.39 is 5.60 Å². The van der Waals surface area contributed by atoms with Crippen molar-refractivity contribution in [2.24, 2.45) is 0 Å². The van der Waals surface area contributed by atoms with Gasteiger partial charge in [-0.15, -0.1) is 0 Å². The number of carbonyl (C=O) groups excluding carboxylic acids is 2. The van der Waals surface area contributed by atoms with Gasteiger partial charge in [0.05, 0.1) is 12.7 Å². The molecule has 0 bridgehead atoms. The number of esters is 1. The second-order valence-electron chi connectivity index (χ2n) is 6.88. The molecule has 1 saturated heterocycles. The monoisotopic (exact) mass is 319 g/mol. The first-order chi connectivity index (χ1) is 10.8. The van der Waals surface area contributed by atoms with E-state index in [-0.39, 0.29) is 18.0 Å². The molecule has 5 nitrogen and oxygen atoms in total. The van der Waals surface area contributed by atoms with Gasteiger partial charge in [0.2, 0.25) is 0 Å². The number of hydrogen-bond donors (Lipinski definition) is 0. The Bertz CT molecular complexity index is 577. The van der Waals surface area contributed by atoms with Crippen LogP contribution in [0.2, 0.25) is 0 Å². The minimum Gasteiger partial charge on any atom is -0.465 e. The van der Waals surface area contributed by atoms with Crippen LogP contribution >= 0.6 is 0 Å². The summed E-state index contributed by atoms with van der Waals surface area (Å²) in [5.74, 6) is -0.132. The third-order valence-corrected chi connectivity index (χ3v) is 3.85. The summed E-state index contributed by atoms with van der Waals surface area (Å²) in [7, 11) is 1.37. The van der Waals surface area contributed by atoms with E-state index in [4.69, 9.17) is 9.47 Å². The van der Waals surface area contributed by atoms with Crippen LogP contribution < -0.4 is 0 Å². The second kappa shape index (κ2) is 7.02. The third kappa shape index (κ3) is 4.71. The predicted molar refractivity (Wildman–Crippen MR) is 87.6 cm³/mol. The van der Waals surface area contributed by atoms with Crippen molar-refractivity contribution in [3.63, 3.8) is 0 Å². The second-order valence-corrected chi connectivity index (χ2v) is 6.88. The molecule has 23 heavy (non-hydrogen) atoms. The minimum absolute atomic E-state index is 0.209. The molecule has 1 aromatic rings. The number of methoxy groups -OCH3 is 1. The Balaban J connectivity index is 2.09. The van der Waals surface area contributed by atoms with E-state index in [1.165, 1.54) is 7.11 Å². The summed E-state index contributed by atoms with van der Waals surface area (Å²) >= 11 is 0. The molecule has 0 aromatic heterocycles. The zero-order valence-electron chi connectivity index (χ0n) is 14.3. The first-order valence-corrected chi connectivity index (χ1v) is 7.96. The molecule has 1 atom stereocenters. The molecule has 0 spiro atoms. The van der Waals surface area contributed by atoms with E-state index in [1.807, 2.05) is 39.0 Å². The van der Waals surface area contributed by atoms with Crippen molar-refractivity contribution >= 4 is 12.1 Å². The molecule has 0 N–H and O–H groups in total. The first-order valence-electron chi connectivity index (χ1n) is 7.96. The molecule has 0 unspecified atom stereocenters. The Morgan fingerprint density at radius 2 is 2.00 bits per heavy atom. The quantitative estimate of drug-likeness (QED) is 0.782. The summed E-state index contributed by atoms with van der Waals surface area (Å²) in [6.07, 6.45) is 1.64. The fourth-order valence-corrected chi connectivity index (χ4v) is 2.78. The van der Waals surface area contributed by atoms with Crippen molar-refractivity contribution in [2.45, 2.75) is 45.1 Å². The van der Waals surface area contributed by atoms with Gasteiger partial charge in [0, 0.05) is 19.0 Å². The number of nitrogens with zero attached hydrogens (tertiary/aromatic N) is 1. The number of hydrogen-bond acceptors (Lipinski definition) is 4. The van der Waals surface area contributed by atoms with Crippen molar-refractivity contribution in [2.75, 3.05) is 20.2 Å². The molecular weight excluding hydrogens is 294 g/mol. The van der Waals surface area contributed by atoms with Crippen molar-refractivity contribution in [3.05, 3.63) is 35.4 Å². The molecule has 1 aromatic carbocycles. The zero-order chi connectivity index (χ0) is 17.0. The van der Waals surface area contributed by atoms with E-state index in [0.717, 1.165) is 18.4 Å². The average Bonchev–Trinajstić information content (AvgIpc) is 2.53. The SMILES string of the molecule is COC(=O)c1cccc([C@H]2CCCN(C(=O)OC(C)(C)C)C2)c1. The molecule has 1 heterocycles. The van der Waals surface area contributed by atoms with E-state index in [2.05, 4.69) is 0 Å². The van der Waals surface area contributed by atoms with Crippen molar-refractivity contribution in [3.8, 4) is 0 Å².